The second-order valence-corrected chi connectivity index (χ2v) is 7.44. The van der Waals surface area contributed by atoms with E-state index in [-0.39, 0.29) is 0 Å². The highest BCUT2D eigenvalue weighted by Gasteiger charge is 2.17. The van der Waals surface area contributed by atoms with E-state index in [1.54, 1.807) is 26.2 Å². The fraction of sp³-hybridized carbons (Fsp3) is 0.571. The zero-order valence-corrected chi connectivity index (χ0v) is 12.4. The van der Waals surface area contributed by atoms with E-state index in [0.717, 1.165) is 5.69 Å². The van der Waals surface area contributed by atoms with Crippen molar-refractivity contribution in [3.63, 3.8) is 0 Å². The van der Waals surface area contributed by atoms with Crippen molar-refractivity contribution >= 4 is 15.7 Å². The van der Waals surface area contributed by atoms with Crippen LogP contribution in [0, 0.1) is 0 Å². The summed E-state index contributed by atoms with van der Waals surface area (Å²) in [5.41, 5.74) is 1.00. The third-order valence-electron chi connectivity index (χ3n) is 3.61. The largest absolute Gasteiger partial charge is 0.382 e. The predicted octanol–water partition coefficient (Wildman–Crippen LogP) is 2.68. The van der Waals surface area contributed by atoms with Gasteiger partial charge < -0.3 is 5.32 Å². The highest BCUT2D eigenvalue weighted by Crippen LogP contribution is 2.23. The first-order valence-electron chi connectivity index (χ1n) is 6.79. The summed E-state index contributed by atoms with van der Waals surface area (Å²) in [5.74, 6) is 0. The van der Waals surface area contributed by atoms with Crippen molar-refractivity contribution in [1.82, 2.24) is 4.31 Å². The van der Waals surface area contributed by atoms with Gasteiger partial charge in [-0.15, -0.1) is 0 Å². The molecule has 2 rings (SSSR count). The molecule has 0 heterocycles. The van der Waals surface area contributed by atoms with Gasteiger partial charge in [-0.1, -0.05) is 19.3 Å². The Morgan fingerprint density at radius 3 is 2.16 bits per heavy atom. The molecular formula is C14H22N2O2S. The molecular weight excluding hydrogens is 260 g/mol. The van der Waals surface area contributed by atoms with Gasteiger partial charge >= 0.3 is 0 Å². The van der Waals surface area contributed by atoms with Crippen molar-refractivity contribution in [2.45, 2.75) is 43.0 Å². The number of anilines is 1. The standard InChI is InChI=1S/C14H22N2O2S/c1-16(2)19(17,18)14-10-8-13(9-11-14)15-12-6-4-3-5-7-12/h8-12,15H,3-7H2,1-2H3. The smallest absolute Gasteiger partial charge is 0.242 e. The predicted molar refractivity (Wildman–Crippen MR) is 77.8 cm³/mol. The molecule has 4 nitrogen and oxygen atoms in total. The fourth-order valence-corrected chi connectivity index (χ4v) is 3.32. The van der Waals surface area contributed by atoms with Crippen molar-refractivity contribution < 1.29 is 8.42 Å². The Balaban J connectivity index is 2.06. The molecule has 0 unspecified atom stereocenters. The lowest BCUT2D eigenvalue weighted by atomic mass is 9.95. The van der Waals surface area contributed by atoms with Crippen LogP contribution in [0.15, 0.2) is 29.2 Å². The van der Waals surface area contributed by atoms with Crippen LogP contribution in [0.1, 0.15) is 32.1 Å². The summed E-state index contributed by atoms with van der Waals surface area (Å²) >= 11 is 0. The van der Waals surface area contributed by atoms with Crippen LogP contribution in [0.5, 0.6) is 0 Å². The monoisotopic (exact) mass is 282 g/mol. The summed E-state index contributed by atoms with van der Waals surface area (Å²) in [5, 5.41) is 3.48. The SMILES string of the molecule is CN(C)S(=O)(=O)c1ccc(NC2CCCCC2)cc1. The quantitative estimate of drug-likeness (QED) is 0.923. The van der Waals surface area contributed by atoms with Crippen molar-refractivity contribution in [1.29, 1.82) is 0 Å². The van der Waals surface area contributed by atoms with Gasteiger partial charge in [-0.05, 0) is 37.1 Å². The van der Waals surface area contributed by atoms with E-state index in [1.165, 1.54) is 36.4 Å². The molecule has 1 aromatic carbocycles. The molecule has 19 heavy (non-hydrogen) atoms. The highest BCUT2D eigenvalue weighted by molar-refractivity contribution is 7.89. The molecule has 1 aliphatic rings. The van der Waals surface area contributed by atoms with Crippen molar-refractivity contribution in [2.24, 2.45) is 0 Å². The molecule has 0 aliphatic heterocycles. The maximum atomic E-state index is 11.9. The van der Waals surface area contributed by atoms with Gasteiger partial charge in [0.25, 0.3) is 0 Å². The fourth-order valence-electron chi connectivity index (χ4n) is 2.42. The minimum atomic E-state index is -3.32. The van der Waals surface area contributed by atoms with Crippen LogP contribution in [-0.2, 0) is 10.0 Å². The third-order valence-corrected chi connectivity index (χ3v) is 5.44. The maximum Gasteiger partial charge on any atom is 0.242 e. The summed E-state index contributed by atoms with van der Waals surface area (Å²) in [6, 6.07) is 7.57. The Bertz CT molecular complexity index is 503. The molecule has 5 heteroatoms. The first kappa shape index (κ1) is 14.3. The van der Waals surface area contributed by atoms with Crippen LogP contribution >= 0.6 is 0 Å². The molecule has 0 radical (unpaired) electrons. The molecule has 1 fully saturated rings. The number of nitrogens with one attached hydrogen (secondary N) is 1. The Labute approximate surface area is 115 Å². The van der Waals surface area contributed by atoms with Gasteiger partial charge in [0.05, 0.1) is 4.90 Å². The van der Waals surface area contributed by atoms with E-state index in [4.69, 9.17) is 0 Å². The van der Waals surface area contributed by atoms with Crippen molar-refractivity contribution in [3.8, 4) is 0 Å². The number of hydrogen-bond donors (Lipinski definition) is 1. The van der Waals surface area contributed by atoms with Crippen LogP contribution in [0.25, 0.3) is 0 Å². The van der Waals surface area contributed by atoms with Crippen LogP contribution < -0.4 is 5.32 Å². The Hall–Kier alpha value is -1.07. The molecule has 0 spiro atoms. The Kier molecular flexibility index (Phi) is 4.47. The Morgan fingerprint density at radius 2 is 1.63 bits per heavy atom. The minimum absolute atomic E-state index is 0.340. The second kappa shape index (κ2) is 5.92. The van der Waals surface area contributed by atoms with E-state index in [9.17, 15) is 8.42 Å². The zero-order valence-electron chi connectivity index (χ0n) is 11.6. The highest BCUT2D eigenvalue weighted by atomic mass is 32.2. The van der Waals surface area contributed by atoms with Gasteiger partial charge in [-0.25, -0.2) is 12.7 Å². The molecule has 1 N–H and O–H groups in total. The molecule has 0 saturated heterocycles. The van der Waals surface area contributed by atoms with Gasteiger partial charge in [0, 0.05) is 25.8 Å². The van der Waals surface area contributed by atoms with Crippen molar-refractivity contribution in [2.75, 3.05) is 19.4 Å². The number of benzene rings is 1. The lowest BCUT2D eigenvalue weighted by Crippen LogP contribution is -2.23. The average Bonchev–Trinajstić information content (AvgIpc) is 2.40. The summed E-state index contributed by atoms with van der Waals surface area (Å²) < 4.78 is 25.1. The van der Waals surface area contributed by atoms with Gasteiger partial charge in [-0.3, -0.25) is 0 Å². The zero-order chi connectivity index (χ0) is 13.9. The second-order valence-electron chi connectivity index (χ2n) is 5.29. The van der Waals surface area contributed by atoms with E-state index in [2.05, 4.69) is 5.32 Å². The van der Waals surface area contributed by atoms with Crippen LogP contribution in [0.4, 0.5) is 5.69 Å². The van der Waals surface area contributed by atoms with Crippen LogP contribution in [-0.4, -0.2) is 32.9 Å². The summed E-state index contributed by atoms with van der Waals surface area (Å²) in [6.07, 6.45) is 6.31. The van der Waals surface area contributed by atoms with E-state index >= 15 is 0 Å². The normalized spacial score (nSPS) is 17.6. The Morgan fingerprint density at radius 1 is 1.05 bits per heavy atom. The van der Waals surface area contributed by atoms with E-state index in [1.807, 2.05) is 12.1 Å². The summed E-state index contributed by atoms with van der Waals surface area (Å²) in [7, 11) is -0.231. The van der Waals surface area contributed by atoms with E-state index < -0.39 is 10.0 Å². The molecule has 0 atom stereocenters. The van der Waals surface area contributed by atoms with Gasteiger partial charge in [0.1, 0.15) is 0 Å². The van der Waals surface area contributed by atoms with Crippen LogP contribution in [0.2, 0.25) is 0 Å². The van der Waals surface area contributed by atoms with Crippen LogP contribution in [0.3, 0.4) is 0 Å². The molecule has 106 valence electrons. The maximum absolute atomic E-state index is 11.9. The topological polar surface area (TPSA) is 49.4 Å². The van der Waals surface area contributed by atoms with E-state index in [0.29, 0.717) is 10.9 Å². The minimum Gasteiger partial charge on any atom is -0.382 e. The first-order valence-corrected chi connectivity index (χ1v) is 8.23. The lowest BCUT2D eigenvalue weighted by molar-refractivity contribution is 0.463. The molecule has 1 aromatic rings. The average molecular weight is 282 g/mol. The van der Waals surface area contributed by atoms with Gasteiger partial charge in [0.15, 0.2) is 0 Å². The lowest BCUT2D eigenvalue weighted by Gasteiger charge is -2.24. The molecule has 0 aromatic heterocycles. The number of sulfonamides is 1. The van der Waals surface area contributed by atoms with Gasteiger partial charge in [0.2, 0.25) is 10.0 Å². The summed E-state index contributed by atoms with van der Waals surface area (Å²) in [6.45, 7) is 0. The summed E-state index contributed by atoms with van der Waals surface area (Å²) in [4.78, 5) is 0.340. The van der Waals surface area contributed by atoms with Crippen molar-refractivity contribution in [3.05, 3.63) is 24.3 Å². The molecule has 0 bridgehead atoms. The number of rotatable bonds is 4. The number of hydrogen-bond acceptors (Lipinski definition) is 3. The molecule has 1 aliphatic carbocycles. The first-order chi connectivity index (χ1) is 9.00. The number of nitrogens with zero attached hydrogens (tertiary/aromatic N) is 1. The molecule has 0 amide bonds. The third kappa shape index (κ3) is 3.48. The molecule has 1 saturated carbocycles. The van der Waals surface area contributed by atoms with Gasteiger partial charge in [-0.2, -0.15) is 0 Å².